The normalized spacial score (nSPS) is 17.8. The van der Waals surface area contributed by atoms with E-state index in [2.05, 4.69) is 36.8 Å². The van der Waals surface area contributed by atoms with Gasteiger partial charge in [0.25, 0.3) is 0 Å². The molecule has 0 aromatic carbocycles. The van der Waals surface area contributed by atoms with E-state index in [4.69, 9.17) is 4.74 Å². The van der Waals surface area contributed by atoms with Gasteiger partial charge in [0.05, 0.1) is 24.6 Å². The maximum Gasteiger partial charge on any atom is 0.191 e. The van der Waals surface area contributed by atoms with Crippen LogP contribution in [0.15, 0.2) is 41.9 Å². The molecule has 2 aromatic heterocycles. The van der Waals surface area contributed by atoms with Crippen LogP contribution in [0.3, 0.4) is 0 Å². The fraction of sp³-hybridized carbons (Fsp3) is 0.500. The largest absolute Gasteiger partial charge is 0.490 e. The molecule has 8 heteroatoms. The zero-order chi connectivity index (χ0) is 18.2. The molecule has 1 unspecified atom stereocenters. The highest BCUT2D eigenvalue weighted by Gasteiger charge is 2.21. The van der Waals surface area contributed by atoms with Crippen molar-refractivity contribution in [1.82, 2.24) is 25.4 Å². The van der Waals surface area contributed by atoms with Gasteiger partial charge in [0.1, 0.15) is 12.4 Å². The number of hydrogen-bond donors (Lipinski definition) is 2. The highest BCUT2D eigenvalue weighted by molar-refractivity contribution is 5.80. The van der Waals surface area contributed by atoms with Gasteiger partial charge in [-0.3, -0.25) is 14.7 Å². The zero-order valence-electron chi connectivity index (χ0n) is 15.4. The van der Waals surface area contributed by atoms with Crippen LogP contribution < -0.4 is 20.3 Å². The second-order valence-corrected chi connectivity index (χ2v) is 6.34. The summed E-state index contributed by atoms with van der Waals surface area (Å²) in [7, 11) is 3.74. The highest BCUT2D eigenvalue weighted by atomic mass is 16.5. The Labute approximate surface area is 154 Å². The van der Waals surface area contributed by atoms with Crippen LogP contribution >= 0.6 is 0 Å². The number of hydrogen-bond acceptors (Lipinski definition) is 5. The van der Waals surface area contributed by atoms with Crippen molar-refractivity contribution in [3.05, 3.63) is 36.9 Å². The lowest BCUT2D eigenvalue weighted by atomic mass is 10.1. The smallest absolute Gasteiger partial charge is 0.191 e. The van der Waals surface area contributed by atoms with Gasteiger partial charge in [-0.2, -0.15) is 5.10 Å². The first kappa shape index (κ1) is 18.0. The Morgan fingerprint density at radius 3 is 3.08 bits per heavy atom. The van der Waals surface area contributed by atoms with E-state index in [1.54, 1.807) is 19.4 Å². The fourth-order valence-corrected chi connectivity index (χ4v) is 3.06. The number of nitrogens with zero attached hydrogens (tertiary/aromatic N) is 5. The lowest BCUT2D eigenvalue weighted by Crippen LogP contribution is -2.51. The van der Waals surface area contributed by atoms with Gasteiger partial charge in [0.2, 0.25) is 0 Å². The van der Waals surface area contributed by atoms with Gasteiger partial charge < -0.3 is 20.3 Å². The molecule has 1 aliphatic heterocycles. The van der Waals surface area contributed by atoms with Crippen molar-refractivity contribution in [2.24, 2.45) is 12.0 Å². The van der Waals surface area contributed by atoms with E-state index >= 15 is 0 Å². The lowest BCUT2D eigenvalue weighted by molar-refractivity contribution is 0.320. The van der Waals surface area contributed by atoms with Crippen molar-refractivity contribution in [3.63, 3.8) is 0 Å². The maximum atomic E-state index is 5.64. The minimum absolute atomic E-state index is 0.356. The molecule has 0 aliphatic carbocycles. The van der Waals surface area contributed by atoms with Gasteiger partial charge in [-0.25, -0.2) is 0 Å². The number of aromatic nitrogens is 3. The van der Waals surface area contributed by atoms with Crippen LogP contribution in [0.2, 0.25) is 0 Å². The van der Waals surface area contributed by atoms with E-state index in [1.807, 2.05) is 30.1 Å². The summed E-state index contributed by atoms with van der Waals surface area (Å²) >= 11 is 0. The molecule has 140 valence electrons. The van der Waals surface area contributed by atoms with Crippen molar-refractivity contribution in [1.29, 1.82) is 0 Å². The molecule has 0 radical (unpaired) electrons. The number of guanidine groups is 1. The second kappa shape index (κ2) is 9.07. The van der Waals surface area contributed by atoms with E-state index in [9.17, 15) is 0 Å². The van der Waals surface area contributed by atoms with E-state index in [1.165, 1.54) is 5.69 Å². The molecule has 1 fully saturated rings. The van der Waals surface area contributed by atoms with Crippen LogP contribution in [-0.2, 0) is 7.05 Å². The topological polar surface area (TPSA) is 79.6 Å². The van der Waals surface area contributed by atoms with Gasteiger partial charge in [-0.15, -0.1) is 0 Å². The van der Waals surface area contributed by atoms with Crippen LogP contribution in [0.25, 0.3) is 0 Å². The minimum atomic E-state index is 0.356. The molecule has 0 amide bonds. The molecule has 2 N–H and O–H groups in total. The van der Waals surface area contributed by atoms with Crippen LogP contribution in [-0.4, -0.2) is 60.1 Å². The van der Waals surface area contributed by atoms with Crippen LogP contribution in [0.5, 0.6) is 5.75 Å². The maximum absolute atomic E-state index is 5.64. The quantitative estimate of drug-likeness (QED) is 0.457. The Balaban J connectivity index is 1.42. The van der Waals surface area contributed by atoms with Crippen molar-refractivity contribution in [3.8, 4) is 5.75 Å². The van der Waals surface area contributed by atoms with Gasteiger partial charge in [0, 0.05) is 45.6 Å². The molecule has 1 atom stereocenters. The monoisotopic (exact) mass is 357 g/mol. The summed E-state index contributed by atoms with van der Waals surface area (Å²) < 4.78 is 7.49. The predicted octanol–water partition coefficient (Wildman–Crippen LogP) is 1.03. The molecular formula is C18H27N7O. The first-order valence-electron chi connectivity index (χ1n) is 8.98. The van der Waals surface area contributed by atoms with Crippen LogP contribution in [0, 0.1) is 0 Å². The summed E-state index contributed by atoms with van der Waals surface area (Å²) in [5.41, 5.74) is 1.17. The van der Waals surface area contributed by atoms with E-state index < -0.39 is 0 Å². The molecule has 0 spiro atoms. The number of anilines is 1. The van der Waals surface area contributed by atoms with E-state index in [0.717, 1.165) is 37.6 Å². The Bertz CT molecular complexity index is 701. The molecule has 8 nitrogen and oxygen atoms in total. The third-order valence-corrected chi connectivity index (χ3v) is 4.34. The van der Waals surface area contributed by atoms with E-state index in [-0.39, 0.29) is 0 Å². The molecule has 2 aromatic rings. The van der Waals surface area contributed by atoms with Crippen molar-refractivity contribution < 1.29 is 4.74 Å². The lowest BCUT2D eigenvalue weighted by Gasteiger charge is -2.34. The third kappa shape index (κ3) is 5.11. The van der Waals surface area contributed by atoms with Crippen molar-refractivity contribution in [2.45, 2.75) is 18.9 Å². The first-order chi connectivity index (χ1) is 12.7. The van der Waals surface area contributed by atoms with Gasteiger partial charge >= 0.3 is 0 Å². The average Bonchev–Trinajstić information content (AvgIpc) is 3.12. The average molecular weight is 357 g/mol. The first-order valence-corrected chi connectivity index (χ1v) is 8.98. The number of nitrogens with one attached hydrogen (secondary N) is 2. The Morgan fingerprint density at radius 1 is 1.42 bits per heavy atom. The molecular weight excluding hydrogens is 330 g/mol. The van der Waals surface area contributed by atoms with Crippen LogP contribution in [0.1, 0.15) is 12.8 Å². The fourth-order valence-electron chi connectivity index (χ4n) is 3.06. The molecule has 1 saturated heterocycles. The molecule has 3 heterocycles. The molecule has 26 heavy (non-hydrogen) atoms. The zero-order valence-corrected chi connectivity index (χ0v) is 15.4. The second-order valence-electron chi connectivity index (χ2n) is 6.34. The number of pyridine rings is 1. The SMILES string of the molecule is CN=C(NCCOc1cccnc1)NC1CCCN(c2cnn(C)c2)C1. The Kier molecular flexibility index (Phi) is 6.29. The van der Waals surface area contributed by atoms with Gasteiger partial charge in [-0.05, 0) is 25.0 Å². The van der Waals surface area contributed by atoms with Crippen molar-refractivity contribution >= 4 is 11.6 Å². The Morgan fingerprint density at radius 2 is 2.35 bits per heavy atom. The van der Waals surface area contributed by atoms with E-state index in [0.29, 0.717) is 19.2 Å². The van der Waals surface area contributed by atoms with Crippen LogP contribution in [0.4, 0.5) is 5.69 Å². The highest BCUT2D eigenvalue weighted by Crippen LogP contribution is 2.18. The minimum Gasteiger partial charge on any atom is -0.490 e. The van der Waals surface area contributed by atoms with Crippen molar-refractivity contribution in [2.75, 3.05) is 38.2 Å². The molecule has 1 aliphatic rings. The number of ether oxygens (including phenoxy) is 1. The summed E-state index contributed by atoms with van der Waals surface area (Å²) in [5, 5.41) is 11.1. The van der Waals surface area contributed by atoms with Gasteiger partial charge in [0.15, 0.2) is 5.96 Å². The molecule has 3 rings (SSSR count). The summed E-state index contributed by atoms with van der Waals surface area (Å²) in [6.45, 7) is 3.24. The van der Waals surface area contributed by atoms with Gasteiger partial charge in [-0.1, -0.05) is 0 Å². The number of piperidine rings is 1. The standard InChI is InChI=1S/C18H27N7O/c1-19-18(21-8-10-26-17-6-3-7-20-12-17)23-15-5-4-9-25(13-15)16-11-22-24(2)14-16/h3,6-7,11-12,14-15H,4-5,8-10,13H2,1-2H3,(H2,19,21,23). The summed E-state index contributed by atoms with van der Waals surface area (Å²) in [6, 6.07) is 4.12. The number of aryl methyl sites for hydroxylation is 1. The molecule has 0 bridgehead atoms. The summed E-state index contributed by atoms with van der Waals surface area (Å²) in [5.74, 6) is 1.58. The molecule has 0 saturated carbocycles. The number of aliphatic imine (C=N–C) groups is 1. The number of rotatable bonds is 6. The summed E-state index contributed by atoms with van der Waals surface area (Å²) in [4.78, 5) is 10.7. The predicted molar refractivity (Wildman–Crippen MR) is 103 cm³/mol. The third-order valence-electron chi connectivity index (χ3n) is 4.34. The summed E-state index contributed by atoms with van der Waals surface area (Å²) in [6.07, 6.45) is 9.70. The Hall–Kier alpha value is -2.77.